The molecule has 0 fully saturated rings. The van der Waals surface area contributed by atoms with Gasteiger partial charge in [-0.1, -0.05) is 60.7 Å². The summed E-state index contributed by atoms with van der Waals surface area (Å²) >= 11 is 2.99. The molecule has 30 heavy (non-hydrogen) atoms. The van der Waals surface area contributed by atoms with E-state index >= 15 is 0 Å². The Bertz CT molecular complexity index is 1130. The third kappa shape index (κ3) is 5.31. The number of carbonyl (C=O) groups excluding carboxylic acids is 1. The Balaban J connectivity index is 1.32. The van der Waals surface area contributed by atoms with Gasteiger partial charge in [-0.25, -0.2) is 15.0 Å². The number of rotatable bonds is 7. The number of nitrogens with zero attached hydrogens (tertiary/aromatic N) is 3. The van der Waals surface area contributed by atoms with Gasteiger partial charge in [0.25, 0.3) is 0 Å². The standard InChI is InChI=1S/C23H20N4OS2/c1-16-24-19(17-8-4-2-5-9-17)14-22(25-16)29-13-12-21(28)27-23-26-20(15-30-23)18-10-6-3-7-11-18/h2-11,14-15H,12-13H2,1H3,(H,26,27,28). The van der Waals surface area contributed by atoms with Gasteiger partial charge in [-0.05, 0) is 13.0 Å². The van der Waals surface area contributed by atoms with E-state index in [-0.39, 0.29) is 5.91 Å². The quantitative estimate of drug-likeness (QED) is 0.300. The van der Waals surface area contributed by atoms with Crippen LogP contribution in [0.4, 0.5) is 5.13 Å². The number of amides is 1. The molecule has 0 spiro atoms. The van der Waals surface area contributed by atoms with Crippen molar-refractivity contribution in [3.63, 3.8) is 0 Å². The van der Waals surface area contributed by atoms with Gasteiger partial charge in [-0.15, -0.1) is 23.1 Å². The number of benzene rings is 2. The number of hydrogen-bond donors (Lipinski definition) is 1. The van der Waals surface area contributed by atoms with Crippen molar-refractivity contribution in [1.29, 1.82) is 0 Å². The zero-order valence-electron chi connectivity index (χ0n) is 16.4. The van der Waals surface area contributed by atoms with Crippen molar-refractivity contribution in [2.75, 3.05) is 11.1 Å². The Labute approximate surface area is 183 Å². The molecule has 0 aliphatic heterocycles. The molecule has 2 aromatic carbocycles. The Hall–Kier alpha value is -3.03. The highest BCUT2D eigenvalue weighted by Crippen LogP contribution is 2.26. The van der Waals surface area contributed by atoms with Gasteiger partial charge in [0.05, 0.1) is 11.4 Å². The average Bonchev–Trinajstić information content (AvgIpc) is 3.23. The summed E-state index contributed by atoms with van der Waals surface area (Å²) in [7, 11) is 0. The van der Waals surface area contributed by atoms with Crippen LogP contribution in [0.5, 0.6) is 0 Å². The number of nitrogens with one attached hydrogen (secondary N) is 1. The second-order valence-electron chi connectivity index (χ2n) is 6.56. The molecule has 0 saturated heterocycles. The number of carbonyl (C=O) groups is 1. The van der Waals surface area contributed by atoms with Crippen molar-refractivity contribution in [2.24, 2.45) is 0 Å². The molecule has 7 heteroatoms. The number of aromatic nitrogens is 3. The second kappa shape index (κ2) is 9.65. The second-order valence-corrected chi connectivity index (χ2v) is 8.53. The SMILES string of the molecule is Cc1nc(SCCC(=O)Nc2nc(-c3ccccc3)cs2)cc(-c2ccccc2)n1. The highest BCUT2D eigenvalue weighted by Gasteiger charge is 2.10. The van der Waals surface area contributed by atoms with Gasteiger partial charge in [0.1, 0.15) is 10.9 Å². The van der Waals surface area contributed by atoms with E-state index in [1.807, 2.05) is 79.0 Å². The maximum atomic E-state index is 12.3. The molecular formula is C23H20N4OS2. The monoisotopic (exact) mass is 432 g/mol. The van der Waals surface area contributed by atoms with Crippen LogP contribution in [0.1, 0.15) is 12.2 Å². The van der Waals surface area contributed by atoms with Gasteiger partial charge in [0, 0.05) is 28.7 Å². The van der Waals surface area contributed by atoms with E-state index < -0.39 is 0 Å². The van der Waals surface area contributed by atoms with Crippen LogP contribution in [0.15, 0.2) is 77.1 Å². The Morgan fingerprint density at radius 2 is 1.60 bits per heavy atom. The van der Waals surface area contributed by atoms with Gasteiger partial charge >= 0.3 is 0 Å². The molecule has 0 aliphatic rings. The van der Waals surface area contributed by atoms with Crippen LogP contribution in [0, 0.1) is 6.92 Å². The smallest absolute Gasteiger partial charge is 0.226 e. The highest BCUT2D eigenvalue weighted by molar-refractivity contribution is 7.99. The number of thiazole rings is 1. The Morgan fingerprint density at radius 1 is 0.933 bits per heavy atom. The van der Waals surface area contributed by atoms with E-state index in [0.717, 1.165) is 33.4 Å². The van der Waals surface area contributed by atoms with E-state index in [0.29, 0.717) is 17.3 Å². The molecule has 0 atom stereocenters. The molecule has 1 N–H and O–H groups in total. The molecule has 0 unspecified atom stereocenters. The maximum Gasteiger partial charge on any atom is 0.226 e. The van der Waals surface area contributed by atoms with Crippen molar-refractivity contribution in [2.45, 2.75) is 18.4 Å². The first-order valence-corrected chi connectivity index (χ1v) is 11.4. The predicted octanol–water partition coefficient (Wildman–Crippen LogP) is 5.70. The summed E-state index contributed by atoms with van der Waals surface area (Å²) in [4.78, 5) is 25.8. The van der Waals surface area contributed by atoms with Crippen LogP contribution in [0.3, 0.4) is 0 Å². The molecule has 5 nitrogen and oxygen atoms in total. The minimum Gasteiger partial charge on any atom is -0.302 e. The number of hydrogen-bond acceptors (Lipinski definition) is 6. The molecule has 4 rings (SSSR count). The number of anilines is 1. The summed E-state index contributed by atoms with van der Waals surface area (Å²) in [5.41, 5.74) is 3.86. The third-order valence-corrected chi connectivity index (χ3v) is 5.95. The van der Waals surface area contributed by atoms with Crippen LogP contribution < -0.4 is 5.32 Å². The lowest BCUT2D eigenvalue weighted by Crippen LogP contribution is -2.12. The Kier molecular flexibility index (Phi) is 6.51. The predicted molar refractivity (Wildman–Crippen MR) is 124 cm³/mol. The molecular weight excluding hydrogens is 412 g/mol. The lowest BCUT2D eigenvalue weighted by Gasteiger charge is -2.06. The maximum absolute atomic E-state index is 12.3. The zero-order valence-corrected chi connectivity index (χ0v) is 18.0. The van der Waals surface area contributed by atoms with Crippen LogP contribution in [0.2, 0.25) is 0 Å². The number of thioether (sulfide) groups is 1. The fourth-order valence-electron chi connectivity index (χ4n) is 2.87. The average molecular weight is 433 g/mol. The molecule has 150 valence electrons. The molecule has 2 heterocycles. The fraction of sp³-hybridized carbons (Fsp3) is 0.130. The molecule has 1 amide bonds. The summed E-state index contributed by atoms with van der Waals surface area (Å²) in [5.74, 6) is 1.30. The lowest BCUT2D eigenvalue weighted by molar-refractivity contribution is -0.115. The summed E-state index contributed by atoms with van der Waals surface area (Å²) in [5, 5.41) is 6.33. The van der Waals surface area contributed by atoms with E-state index in [2.05, 4.69) is 20.3 Å². The normalized spacial score (nSPS) is 10.7. The summed E-state index contributed by atoms with van der Waals surface area (Å²) in [6.45, 7) is 1.88. The van der Waals surface area contributed by atoms with Gasteiger partial charge < -0.3 is 5.32 Å². The van der Waals surface area contributed by atoms with E-state index in [4.69, 9.17) is 0 Å². The third-order valence-electron chi connectivity index (χ3n) is 4.28. The molecule has 0 saturated carbocycles. The first-order chi connectivity index (χ1) is 14.7. The zero-order chi connectivity index (χ0) is 20.8. The van der Waals surface area contributed by atoms with Crippen molar-refractivity contribution >= 4 is 34.1 Å². The molecule has 0 radical (unpaired) electrons. The molecule has 2 aromatic heterocycles. The van der Waals surface area contributed by atoms with Crippen molar-refractivity contribution < 1.29 is 4.79 Å². The van der Waals surface area contributed by atoms with E-state index in [9.17, 15) is 4.79 Å². The van der Waals surface area contributed by atoms with Crippen LogP contribution in [-0.2, 0) is 4.79 Å². The number of aryl methyl sites for hydroxylation is 1. The van der Waals surface area contributed by atoms with Crippen LogP contribution >= 0.6 is 23.1 Å². The van der Waals surface area contributed by atoms with Gasteiger partial charge in [0.15, 0.2) is 5.13 Å². The van der Waals surface area contributed by atoms with E-state index in [1.165, 1.54) is 11.3 Å². The van der Waals surface area contributed by atoms with Crippen LogP contribution in [-0.4, -0.2) is 26.6 Å². The van der Waals surface area contributed by atoms with Crippen molar-refractivity contribution in [3.05, 3.63) is 77.9 Å². The van der Waals surface area contributed by atoms with Crippen LogP contribution in [0.25, 0.3) is 22.5 Å². The summed E-state index contributed by atoms with van der Waals surface area (Å²) < 4.78 is 0. The lowest BCUT2D eigenvalue weighted by atomic mass is 10.1. The van der Waals surface area contributed by atoms with Gasteiger partial charge in [-0.3, -0.25) is 4.79 Å². The highest BCUT2D eigenvalue weighted by atomic mass is 32.2. The molecule has 0 aliphatic carbocycles. The Morgan fingerprint density at radius 3 is 2.30 bits per heavy atom. The summed E-state index contributed by atoms with van der Waals surface area (Å²) in [6.07, 6.45) is 0.384. The van der Waals surface area contributed by atoms with E-state index in [1.54, 1.807) is 11.8 Å². The first kappa shape index (κ1) is 20.3. The topological polar surface area (TPSA) is 67.8 Å². The summed E-state index contributed by atoms with van der Waals surface area (Å²) in [6, 6.07) is 21.9. The first-order valence-electron chi connectivity index (χ1n) is 9.52. The van der Waals surface area contributed by atoms with Crippen molar-refractivity contribution in [1.82, 2.24) is 15.0 Å². The largest absolute Gasteiger partial charge is 0.302 e. The van der Waals surface area contributed by atoms with Gasteiger partial charge in [0.2, 0.25) is 5.91 Å². The van der Waals surface area contributed by atoms with Gasteiger partial charge in [-0.2, -0.15) is 0 Å². The molecule has 0 bridgehead atoms. The van der Waals surface area contributed by atoms with Crippen molar-refractivity contribution in [3.8, 4) is 22.5 Å². The minimum atomic E-state index is -0.0504. The fourth-order valence-corrected chi connectivity index (χ4v) is 4.50. The molecule has 4 aromatic rings. The minimum absolute atomic E-state index is 0.0504.